The van der Waals surface area contributed by atoms with Crippen molar-refractivity contribution in [3.8, 4) is 12.5 Å². The molecule has 1 aromatic carbocycles. The number of unbranched alkanes of at least 4 members (excludes halogenated alkanes) is 2. The lowest BCUT2D eigenvalue weighted by atomic mass is 9.98. The van der Waals surface area contributed by atoms with Gasteiger partial charge < -0.3 is 20.5 Å². The van der Waals surface area contributed by atoms with Crippen LogP contribution in [0.25, 0.3) is 0 Å². The highest BCUT2D eigenvalue weighted by Gasteiger charge is 2.36. The number of carbonyl (C=O) groups excluding carboxylic acids is 3. The van der Waals surface area contributed by atoms with Crippen molar-refractivity contribution >= 4 is 17.9 Å². The van der Waals surface area contributed by atoms with Crippen molar-refractivity contribution in [2.75, 3.05) is 13.2 Å². The second-order valence-electron chi connectivity index (χ2n) is 8.48. The van der Waals surface area contributed by atoms with Crippen molar-refractivity contribution in [3.05, 3.63) is 35.4 Å². The van der Waals surface area contributed by atoms with E-state index in [4.69, 9.17) is 11.2 Å². The van der Waals surface area contributed by atoms with Crippen LogP contribution in [0.2, 0.25) is 0 Å². The maximum Gasteiger partial charge on any atom is 0.408 e. The maximum atomic E-state index is 13.2. The highest BCUT2D eigenvalue weighted by molar-refractivity contribution is 5.93. The number of hydrogen-bond donors (Lipinski definition) is 3. The monoisotopic (exact) mass is 445 g/mol. The van der Waals surface area contributed by atoms with Crippen molar-refractivity contribution in [1.29, 1.82) is 0 Å². The summed E-state index contributed by atoms with van der Waals surface area (Å²) in [5.41, 5.74) is 0.539. The first-order valence-electron chi connectivity index (χ1n) is 10.8. The molecular weight excluding hydrogens is 410 g/mol. The van der Waals surface area contributed by atoms with Gasteiger partial charge in [-0.3, -0.25) is 14.5 Å². The summed E-state index contributed by atoms with van der Waals surface area (Å²) in [5, 5.41) is 14.9. The summed E-state index contributed by atoms with van der Waals surface area (Å²) in [7, 11) is 0. The van der Waals surface area contributed by atoms with Crippen LogP contribution in [0, 0.1) is 19.4 Å². The summed E-state index contributed by atoms with van der Waals surface area (Å²) in [6.07, 6.45) is 7.53. The number of nitrogens with one attached hydrogen (secondary N) is 2. The fraction of sp³-hybridized carbons (Fsp3) is 0.542. The molecule has 0 radical (unpaired) electrons. The zero-order chi connectivity index (χ0) is 24.3. The van der Waals surface area contributed by atoms with Gasteiger partial charge in [0.2, 0.25) is 5.91 Å². The molecule has 0 fully saturated rings. The van der Waals surface area contributed by atoms with Gasteiger partial charge in [-0.25, -0.2) is 4.79 Å². The van der Waals surface area contributed by atoms with Crippen molar-refractivity contribution < 1.29 is 24.2 Å². The molecule has 0 saturated heterocycles. The van der Waals surface area contributed by atoms with Gasteiger partial charge in [0.25, 0.3) is 5.91 Å². The predicted molar refractivity (Wildman–Crippen MR) is 122 cm³/mol. The topological polar surface area (TPSA) is 108 Å². The third-order valence-electron chi connectivity index (χ3n) is 4.62. The Morgan fingerprint density at radius 3 is 2.41 bits per heavy atom. The third kappa shape index (κ3) is 8.23. The molecule has 0 aliphatic carbocycles. The maximum absolute atomic E-state index is 13.2. The number of aliphatic hydroxyl groups excluding tert-OH is 1. The summed E-state index contributed by atoms with van der Waals surface area (Å²) in [5.74, 6) is -1.23. The van der Waals surface area contributed by atoms with Crippen LogP contribution in [0.4, 0.5) is 4.79 Å². The number of benzene rings is 1. The molecule has 2 atom stereocenters. The zero-order valence-corrected chi connectivity index (χ0v) is 19.6. The van der Waals surface area contributed by atoms with Crippen LogP contribution in [0.3, 0.4) is 0 Å². The van der Waals surface area contributed by atoms with E-state index < -0.39 is 42.2 Å². The normalized spacial score (nSPS) is 12.8. The van der Waals surface area contributed by atoms with Crippen LogP contribution in [0.5, 0.6) is 0 Å². The molecule has 32 heavy (non-hydrogen) atoms. The van der Waals surface area contributed by atoms with Crippen LogP contribution >= 0.6 is 0 Å². The molecule has 0 heterocycles. The molecule has 0 aliphatic heterocycles. The Balaban J connectivity index is 3.19. The summed E-state index contributed by atoms with van der Waals surface area (Å²) < 4.78 is 5.16. The van der Waals surface area contributed by atoms with Crippen LogP contribution in [-0.4, -0.2) is 52.7 Å². The van der Waals surface area contributed by atoms with Gasteiger partial charge in [-0.1, -0.05) is 50.5 Å². The number of hydrogen-bond acceptors (Lipinski definition) is 5. The quantitative estimate of drug-likeness (QED) is 0.292. The molecule has 0 bridgehead atoms. The molecule has 2 unspecified atom stereocenters. The third-order valence-corrected chi connectivity index (χ3v) is 4.62. The summed E-state index contributed by atoms with van der Waals surface area (Å²) >= 11 is 0. The van der Waals surface area contributed by atoms with Crippen LogP contribution in [-0.2, 0) is 14.3 Å². The van der Waals surface area contributed by atoms with E-state index in [2.05, 4.69) is 23.6 Å². The second kappa shape index (κ2) is 12.7. The van der Waals surface area contributed by atoms with E-state index in [1.165, 1.54) is 0 Å². The Morgan fingerprint density at radius 2 is 1.88 bits per heavy atom. The molecule has 8 nitrogen and oxygen atoms in total. The Hall–Kier alpha value is -3.05. The smallest absolute Gasteiger partial charge is 0.408 e. The first-order chi connectivity index (χ1) is 15.1. The molecule has 8 heteroatoms. The molecular formula is C24H35N3O5. The number of aryl methyl sites for hydroxylation is 1. The van der Waals surface area contributed by atoms with Gasteiger partial charge in [0.05, 0.1) is 6.61 Å². The molecule has 0 aromatic heterocycles. The molecule has 176 valence electrons. The Bertz CT molecular complexity index is 826. The molecule has 1 rings (SSSR count). The van der Waals surface area contributed by atoms with E-state index in [0.717, 1.165) is 29.7 Å². The predicted octanol–water partition coefficient (Wildman–Crippen LogP) is 2.65. The molecule has 1 aromatic rings. The average molecular weight is 446 g/mol. The van der Waals surface area contributed by atoms with E-state index in [-0.39, 0.29) is 0 Å². The number of ether oxygens (including phenoxy) is 1. The van der Waals surface area contributed by atoms with Crippen LogP contribution < -0.4 is 10.6 Å². The second-order valence-corrected chi connectivity index (χ2v) is 8.48. The van der Waals surface area contributed by atoms with Crippen LogP contribution in [0.1, 0.15) is 64.1 Å². The lowest BCUT2D eigenvalue weighted by molar-refractivity contribution is -0.139. The molecule has 0 saturated carbocycles. The minimum Gasteiger partial charge on any atom is -0.444 e. The van der Waals surface area contributed by atoms with Crippen LogP contribution in [0.15, 0.2) is 24.3 Å². The SMILES string of the molecule is C#CN(C(=O)C(CO)NC(=O)OC(C)(C)C)C(C(=O)NCCCCC)c1ccccc1C. The molecule has 0 aliphatic rings. The highest BCUT2D eigenvalue weighted by atomic mass is 16.6. The Morgan fingerprint density at radius 1 is 1.22 bits per heavy atom. The number of aliphatic hydroxyl groups is 1. The lowest BCUT2D eigenvalue weighted by Gasteiger charge is -2.30. The molecule has 3 N–H and O–H groups in total. The standard InChI is InChI=1S/C24H35N3O5/c1-7-9-12-15-25-21(29)20(18-14-11-10-13-17(18)3)27(8-2)22(30)19(16-28)26-23(31)32-24(4,5)6/h2,10-11,13-14,19-20,28H,7,9,12,15-16H2,1,3-6H3,(H,25,29)(H,26,31). The van der Waals surface area contributed by atoms with E-state index >= 15 is 0 Å². The summed E-state index contributed by atoms with van der Waals surface area (Å²) in [6, 6.07) is 6.87. The minimum atomic E-state index is -1.37. The fourth-order valence-corrected chi connectivity index (χ4v) is 3.04. The number of rotatable bonds is 10. The van der Waals surface area contributed by atoms with E-state index in [1.54, 1.807) is 32.9 Å². The first-order valence-corrected chi connectivity index (χ1v) is 10.8. The average Bonchev–Trinajstić information content (AvgIpc) is 2.72. The number of terminal acetylenes is 1. The lowest BCUT2D eigenvalue weighted by Crippen LogP contribution is -2.53. The number of alkyl carbamates (subject to hydrolysis) is 1. The molecule has 0 spiro atoms. The van der Waals surface area contributed by atoms with Crippen molar-refractivity contribution in [1.82, 2.24) is 15.5 Å². The zero-order valence-electron chi connectivity index (χ0n) is 19.6. The van der Waals surface area contributed by atoms with Crippen molar-refractivity contribution in [2.45, 2.75) is 71.6 Å². The molecule has 3 amide bonds. The number of carbonyl (C=O) groups is 3. The van der Waals surface area contributed by atoms with Gasteiger partial charge in [0, 0.05) is 12.6 Å². The van der Waals surface area contributed by atoms with Gasteiger partial charge in [-0.15, -0.1) is 0 Å². The van der Waals surface area contributed by atoms with Gasteiger partial charge in [-0.2, -0.15) is 0 Å². The van der Waals surface area contributed by atoms with E-state index in [0.29, 0.717) is 12.1 Å². The Kier molecular flexibility index (Phi) is 10.7. The summed E-state index contributed by atoms with van der Waals surface area (Å²) in [6.45, 7) is 8.63. The van der Waals surface area contributed by atoms with Gasteiger partial charge in [-0.05, 0) is 45.2 Å². The minimum absolute atomic E-state index is 0.435. The number of amides is 3. The van der Waals surface area contributed by atoms with E-state index in [9.17, 15) is 19.5 Å². The van der Waals surface area contributed by atoms with Gasteiger partial charge >= 0.3 is 6.09 Å². The van der Waals surface area contributed by atoms with Crippen molar-refractivity contribution in [2.24, 2.45) is 0 Å². The van der Waals surface area contributed by atoms with Gasteiger partial charge in [0.1, 0.15) is 17.7 Å². The largest absolute Gasteiger partial charge is 0.444 e. The summed E-state index contributed by atoms with van der Waals surface area (Å²) in [4.78, 5) is 39.3. The van der Waals surface area contributed by atoms with Crippen molar-refractivity contribution in [3.63, 3.8) is 0 Å². The number of nitrogens with zero attached hydrogens (tertiary/aromatic N) is 1. The Labute approximate surface area is 190 Å². The highest BCUT2D eigenvalue weighted by Crippen LogP contribution is 2.25. The van der Waals surface area contributed by atoms with Gasteiger partial charge in [0.15, 0.2) is 0 Å². The first kappa shape index (κ1) is 27.0. The van der Waals surface area contributed by atoms with E-state index in [1.807, 2.05) is 19.1 Å². The fourth-order valence-electron chi connectivity index (χ4n) is 3.04.